The monoisotopic (exact) mass is 506 g/mol. The minimum absolute atomic E-state index is 0.825. The van der Waals surface area contributed by atoms with Crippen LogP contribution in [0.2, 0.25) is 0 Å². The smallest absolute Gasteiger partial charge is 0.134 e. The Morgan fingerprint density at radius 2 is 1.54 bits per heavy atom. The lowest BCUT2D eigenvalue weighted by atomic mass is 9.93. The van der Waals surface area contributed by atoms with Crippen molar-refractivity contribution in [2.45, 2.75) is 65.7 Å². The van der Waals surface area contributed by atoms with Crippen molar-refractivity contribution in [1.29, 1.82) is 0 Å². The van der Waals surface area contributed by atoms with Gasteiger partial charge in [0.15, 0.2) is 0 Å². The van der Waals surface area contributed by atoms with Crippen molar-refractivity contribution in [3.8, 4) is 0 Å². The highest BCUT2D eigenvalue weighted by molar-refractivity contribution is 8.03. The number of allylic oxidation sites excluding steroid dienone is 5. The van der Waals surface area contributed by atoms with Crippen LogP contribution in [0.5, 0.6) is 0 Å². The van der Waals surface area contributed by atoms with Gasteiger partial charge in [0.2, 0.25) is 0 Å². The highest BCUT2D eigenvalue weighted by Crippen LogP contribution is 2.36. The van der Waals surface area contributed by atoms with Crippen molar-refractivity contribution in [3.05, 3.63) is 123 Å². The molecule has 0 amide bonds. The van der Waals surface area contributed by atoms with Gasteiger partial charge in [0.1, 0.15) is 5.82 Å². The van der Waals surface area contributed by atoms with E-state index in [0.717, 1.165) is 36.5 Å². The van der Waals surface area contributed by atoms with Crippen LogP contribution >= 0.6 is 11.8 Å². The quantitative estimate of drug-likeness (QED) is 0.308. The number of aliphatic imine (C=N–C) groups is 1. The second kappa shape index (κ2) is 12.3. The average molecular weight is 507 g/mol. The summed E-state index contributed by atoms with van der Waals surface area (Å²) in [5.74, 6) is 0.960. The van der Waals surface area contributed by atoms with Gasteiger partial charge in [-0.25, -0.2) is 4.99 Å². The third-order valence-electron chi connectivity index (χ3n) is 6.78. The van der Waals surface area contributed by atoms with Gasteiger partial charge in [0.05, 0.1) is 5.71 Å². The van der Waals surface area contributed by atoms with E-state index in [1.165, 1.54) is 48.8 Å². The number of thioether (sulfide) groups is 1. The molecule has 3 aromatic carbocycles. The maximum Gasteiger partial charge on any atom is 0.134 e. The average Bonchev–Trinajstić information content (AvgIpc) is 2.90. The molecule has 0 aromatic heterocycles. The first-order valence-corrected chi connectivity index (χ1v) is 14.0. The Morgan fingerprint density at radius 1 is 0.865 bits per heavy atom. The Bertz CT molecular complexity index is 1370. The van der Waals surface area contributed by atoms with Gasteiger partial charge in [-0.2, -0.15) is 0 Å². The fraction of sp³-hybridized carbons (Fsp3) is 0.265. The van der Waals surface area contributed by atoms with E-state index >= 15 is 0 Å². The van der Waals surface area contributed by atoms with Crippen molar-refractivity contribution in [2.75, 3.05) is 0 Å². The van der Waals surface area contributed by atoms with Gasteiger partial charge >= 0.3 is 0 Å². The van der Waals surface area contributed by atoms with E-state index in [0.29, 0.717) is 0 Å². The van der Waals surface area contributed by atoms with Crippen LogP contribution in [-0.4, -0.2) is 5.71 Å². The summed E-state index contributed by atoms with van der Waals surface area (Å²) in [6, 6.07) is 28.2. The largest absolute Gasteiger partial charge is 0.343 e. The highest BCUT2D eigenvalue weighted by Gasteiger charge is 2.22. The summed E-state index contributed by atoms with van der Waals surface area (Å²) in [7, 11) is 0. The predicted octanol–water partition coefficient (Wildman–Crippen LogP) is 9.59. The summed E-state index contributed by atoms with van der Waals surface area (Å²) in [5.41, 5.74) is 11.2. The maximum atomic E-state index is 5.31. The van der Waals surface area contributed by atoms with Crippen molar-refractivity contribution in [2.24, 2.45) is 4.99 Å². The number of benzene rings is 3. The summed E-state index contributed by atoms with van der Waals surface area (Å²) in [6.45, 7) is 13.2. The van der Waals surface area contributed by atoms with Crippen LogP contribution < -0.4 is 5.32 Å². The fourth-order valence-corrected chi connectivity index (χ4v) is 5.46. The second-order valence-corrected chi connectivity index (χ2v) is 11.2. The summed E-state index contributed by atoms with van der Waals surface area (Å²) in [4.78, 5) is 7.97. The first kappa shape index (κ1) is 26.8. The number of rotatable bonds is 8. The molecule has 0 bridgehead atoms. The van der Waals surface area contributed by atoms with E-state index in [-0.39, 0.29) is 0 Å². The molecule has 4 rings (SSSR count). The zero-order valence-electron chi connectivity index (χ0n) is 23.0. The van der Waals surface area contributed by atoms with Crippen LogP contribution in [0.25, 0.3) is 11.1 Å². The molecule has 1 heterocycles. The first-order chi connectivity index (χ1) is 17.9. The van der Waals surface area contributed by atoms with Crippen molar-refractivity contribution < 1.29 is 0 Å². The minimum Gasteiger partial charge on any atom is -0.343 e. The molecule has 0 spiro atoms. The lowest BCUT2D eigenvalue weighted by Crippen LogP contribution is -2.23. The van der Waals surface area contributed by atoms with Crippen LogP contribution in [0.3, 0.4) is 0 Å². The second-order valence-electron chi connectivity index (χ2n) is 9.93. The van der Waals surface area contributed by atoms with E-state index in [2.05, 4.69) is 126 Å². The SMILES string of the molecule is CCCC1=N/C(=C(\Cc2ccccc2)c2ccccc2)NC(C)=C1c1ccc(C)c(SC(C)=C(C)C)c1. The van der Waals surface area contributed by atoms with Gasteiger partial charge in [-0.3, -0.25) is 0 Å². The lowest BCUT2D eigenvalue weighted by Gasteiger charge is -2.25. The molecule has 3 aromatic rings. The molecular formula is C34H38N2S. The van der Waals surface area contributed by atoms with Crippen LogP contribution in [-0.2, 0) is 6.42 Å². The highest BCUT2D eigenvalue weighted by atomic mass is 32.2. The van der Waals surface area contributed by atoms with Gasteiger partial charge in [-0.1, -0.05) is 103 Å². The van der Waals surface area contributed by atoms with E-state index in [4.69, 9.17) is 4.99 Å². The van der Waals surface area contributed by atoms with Gasteiger partial charge < -0.3 is 5.32 Å². The molecule has 2 nitrogen and oxygen atoms in total. The summed E-state index contributed by atoms with van der Waals surface area (Å²) < 4.78 is 0. The standard InChI is InChI=1S/C34H38N2S/c1-7-14-31-33(29-20-19-24(4)32(22-29)37-26(6)23(2)3)25(5)35-34(36-31)30(28-17-12-9-13-18-28)21-27-15-10-8-11-16-27/h8-13,15-20,22,35H,7,14,21H2,1-6H3/b34-30+. The van der Waals surface area contributed by atoms with Gasteiger partial charge in [-0.05, 0) is 74.3 Å². The van der Waals surface area contributed by atoms with E-state index in [9.17, 15) is 0 Å². The molecule has 0 saturated carbocycles. The normalized spacial score (nSPS) is 14.7. The number of hydrogen-bond donors (Lipinski definition) is 1. The van der Waals surface area contributed by atoms with Crippen molar-refractivity contribution in [3.63, 3.8) is 0 Å². The predicted molar refractivity (Wildman–Crippen MR) is 163 cm³/mol. The Morgan fingerprint density at radius 3 is 2.19 bits per heavy atom. The third-order valence-corrected chi connectivity index (χ3v) is 8.15. The number of hydrogen-bond acceptors (Lipinski definition) is 3. The third kappa shape index (κ3) is 6.53. The summed E-state index contributed by atoms with van der Waals surface area (Å²) >= 11 is 1.86. The molecule has 37 heavy (non-hydrogen) atoms. The molecule has 0 fully saturated rings. The molecular weight excluding hydrogens is 468 g/mol. The topological polar surface area (TPSA) is 24.4 Å². The van der Waals surface area contributed by atoms with E-state index in [1.807, 2.05) is 11.8 Å². The number of aryl methyl sites for hydroxylation is 1. The maximum absolute atomic E-state index is 5.31. The first-order valence-electron chi connectivity index (χ1n) is 13.2. The molecule has 0 atom stereocenters. The molecule has 0 radical (unpaired) electrons. The zero-order chi connectivity index (χ0) is 26.4. The Hall–Kier alpha value is -3.30. The van der Waals surface area contributed by atoms with E-state index in [1.54, 1.807) is 0 Å². The zero-order valence-corrected chi connectivity index (χ0v) is 23.8. The molecule has 0 unspecified atom stereocenters. The molecule has 3 heteroatoms. The van der Waals surface area contributed by atoms with Crippen LogP contribution in [0.4, 0.5) is 0 Å². The lowest BCUT2D eigenvalue weighted by molar-refractivity contribution is 0.911. The summed E-state index contributed by atoms with van der Waals surface area (Å²) in [5, 5.41) is 3.72. The summed E-state index contributed by atoms with van der Waals surface area (Å²) in [6.07, 6.45) is 2.81. The van der Waals surface area contributed by atoms with Crippen molar-refractivity contribution >= 4 is 28.6 Å². The molecule has 0 aliphatic carbocycles. The van der Waals surface area contributed by atoms with E-state index < -0.39 is 0 Å². The molecule has 190 valence electrons. The van der Waals surface area contributed by atoms with Crippen LogP contribution in [0.15, 0.2) is 111 Å². The fourth-order valence-electron chi connectivity index (χ4n) is 4.51. The van der Waals surface area contributed by atoms with Gasteiger partial charge in [0, 0.05) is 28.2 Å². The Kier molecular flexibility index (Phi) is 8.89. The minimum atomic E-state index is 0.825. The Balaban J connectivity index is 1.81. The Labute approximate surface area is 227 Å². The molecule has 1 aliphatic heterocycles. The molecule has 1 N–H and O–H groups in total. The molecule has 0 saturated heterocycles. The number of nitrogens with zero attached hydrogens (tertiary/aromatic N) is 1. The number of nitrogens with one attached hydrogen (secondary N) is 1. The van der Waals surface area contributed by atoms with Crippen molar-refractivity contribution in [1.82, 2.24) is 5.32 Å². The van der Waals surface area contributed by atoms with Gasteiger partial charge in [-0.15, -0.1) is 0 Å². The molecule has 1 aliphatic rings. The van der Waals surface area contributed by atoms with Crippen LogP contribution in [0, 0.1) is 6.92 Å². The van der Waals surface area contributed by atoms with Gasteiger partial charge in [0.25, 0.3) is 0 Å². The van der Waals surface area contributed by atoms with Crippen LogP contribution in [0.1, 0.15) is 69.7 Å².